The number of ether oxygens (including phenoxy) is 1. The lowest BCUT2D eigenvalue weighted by molar-refractivity contribution is 0.0602. The number of esters is 1. The van der Waals surface area contributed by atoms with E-state index < -0.39 is 5.97 Å². The number of hydrogen-bond donors (Lipinski definition) is 1. The van der Waals surface area contributed by atoms with E-state index in [1.807, 2.05) is 0 Å². The SMILES string of the molecule is COC(=O)c1cc(Br)ccc1NC(=O)c1ccnnc1. The van der Waals surface area contributed by atoms with Crippen molar-refractivity contribution >= 4 is 33.5 Å². The predicted molar refractivity (Wildman–Crippen MR) is 75.5 cm³/mol. The lowest BCUT2D eigenvalue weighted by Crippen LogP contribution is -2.15. The second kappa shape index (κ2) is 6.25. The Kier molecular flexibility index (Phi) is 4.41. The van der Waals surface area contributed by atoms with Crippen LogP contribution in [0.25, 0.3) is 0 Å². The van der Waals surface area contributed by atoms with Crippen LogP contribution in [-0.4, -0.2) is 29.2 Å². The Morgan fingerprint density at radius 3 is 2.70 bits per heavy atom. The van der Waals surface area contributed by atoms with Crippen molar-refractivity contribution in [1.82, 2.24) is 10.2 Å². The van der Waals surface area contributed by atoms with Crippen LogP contribution in [0.3, 0.4) is 0 Å². The maximum Gasteiger partial charge on any atom is 0.340 e. The number of nitrogens with zero attached hydrogens (tertiary/aromatic N) is 2. The zero-order valence-electron chi connectivity index (χ0n) is 10.5. The van der Waals surface area contributed by atoms with Gasteiger partial charge in [0.25, 0.3) is 5.91 Å². The maximum atomic E-state index is 12.0. The smallest absolute Gasteiger partial charge is 0.340 e. The van der Waals surface area contributed by atoms with Gasteiger partial charge in [0.15, 0.2) is 0 Å². The van der Waals surface area contributed by atoms with Crippen LogP contribution in [0, 0.1) is 0 Å². The third-order valence-corrected chi connectivity index (χ3v) is 2.97. The van der Waals surface area contributed by atoms with Crippen LogP contribution < -0.4 is 5.32 Å². The van der Waals surface area contributed by atoms with E-state index in [1.165, 1.54) is 25.6 Å². The number of amides is 1. The van der Waals surface area contributed by atoms with E-state index in [-0.39, 0.29) is 11.5 Å². The van der Waals surface area contributed by atoms with Gasteiger partial charge in [-0.1, -0.05) is 15.9 Å². The molecule has 6 nitrogen and oxygen atoms in total. The number of halogens is 1. The quantitative estimate of drug-likeness (QED) is 0.870. The summed E-state index contributed by atoms with van der Waals surface area (Å²) in [6, 6.07) is 6.43. The van der Waals surface area contributed by atoms with Gasteiger partial charge in [-0.25, -0.2) is 4.79 Å². The Morgan fingerprint density at radius 2 is 2.05 bits per heavy atom. The molecule has 0 aliphatic heterocycles. The fraction of sp³-hybridized carbons (Fsp3) is 0.0769. The van der Waals surface area contributed by atoms with Crippen molar-refractivity contribution in [1.29, 1.82) is 0 Å². The summed E-state index contributed by atoms with van der Waals surface area (Å²) in [7, 11) is 1.28. The average Bonchev–Trinajstić information content (AvgIpc) is 2.49. The maximum absolute atomic E-state index is 12.0. The zero-order chi connectivity index (χ0) is 14.5. The highest BCUT2D eigenvalue weighted by Crippen LogP contribution is 2.22. The fourth-order valence-corrected chi connectivity index (χ4v) is 1.88. The molecule has 0 unspecified atom stereocenters. The minimum Gasteiger partial charge on any atom is -0.465 e. The first-order valence-corrected chi connectivity index (χ1v) is 6.37. The number of carbonyl (C=O) groups is 2. The highest BCUT2D eigenvalue weighted by atomic mass is 79.9. The number of benzene rings is 1. The van der Waals surface area contributed by atoms with Crippen molar-refractivity contribution in [2.75, 3.05) is 12.4 Å². The van der Waals surface area contributed by atoms with Crippen LogP contribution in [0.2, 0.25) is 0 Å². The van der Waals surface area contributed by atoms with E-state index in [0.29, 0.717) is 15.7 Å². The molecule has 20 heavy (non-hydrogen) atoms. The summed E-state index contributed by atoms with van der Waals surface area (Å²) in [5.41, 5.74) is 0.970. The first-order chi connectivity index (χ1) is 9.61. The third-order valence-electron chi connectivity index (χ3n) is 2.48. The van der Waals surface area contributed by atoms with Gasteiger partial charge >= 0.3 is 5.97 Å². The average molecular weight is 336 g/mol. The normalized spacial score (nSPS) is 9.90. The minimum absolute atomic E-state index is 0.261. The van der Waals surface area contributed by atoms with Gasteiger partial charge in [-0.3, -0.25) is 4.79 Å². The number of anilines is 1. The van der Waals surface area contributed by atoms with Crippen molar-refractivity contribution in [3.8, 4) is 0 Å². The van der Waals surface area contributed by atoms with Gasteiger partial charge in [-0.15, -0.1) is 0 Å². The number of methoxy groups -OCH3 is 1. The van der Waals surface area contributed by atoms with E-state index in [0.717, 1.165) is 0 Å². The molecular formula is C13H10BrN3O3. The molecule has 2 aromatic rings. The Labute approximate surface area is 123 Å². The minimum atomic E-state index is -0.533. The van der Waals surface area contributed by atoms with E-state index in [2.05, 4.69) is 36.2 Å². The topological polar surface area (TPSA) is 81.2 Å². The second-order valence-electron chi connectivity index (χ2n) is 3.77. The van der Waals surface area contributed by atoms with Gasteiger partial charge in [0.05, 0.1) is 36.3 Å². The molecular weight excluding hydrogens is 326 g/mol. The van der Waals surface area contributed by atoms with E-state index >= 15 is 0 Å². The highest BCUT2D eigenvalue weighted by Gasteiger charge is 2.15. The molecule has 0 fully saturated rings. The number of rotatable bonds is 3. The van der Waals surface area contributed by atoms with Crippen molar-refractivity contribution in [2.24, 2.45) is 0 Å². The van der Waals surface area contributed by atoms with Gasteiger partial charge in [0.1, 0.15) is 0 Å². The van der Waals surface area contributed by atoms with Crippen molar-refractivity contribution in [2.45, 2.75) is 0 Å². The number of aromatic nitrogens is 2. The van der Waals surface area contributed by atoms with Crippen LogP contribution in [0.15, 0.2) is 41.1 Å². The molecule has 1 N–H and O–H groups in total. The van der Waals surface area contributed by atoms with Gasteiger partial charge < -0.3 is 10.1 Å². The molecule has 1 amide bonds. The van der Waals surface area contributed by atoms with Gasteiger partial charge in [0, 0.05) is 4.47 Å². The fourth-order valence-electron chi connectivity index (χ4n) is 1.52. The van der Waals surface area contributed by atoms with Crippen molar-refractivity contribution in [3.63, 3.8) is 0 Å². The molecule has 102 valence electrons. The summed E-state index contributed by atoms with van der Waals surface area (Å²) in [6.45, 7) is 0. The molecule has 0 saturated heterocycles. The van der Waals surface area contributed by atoms with E-state index in [1.54, 1.807) is 18.2 Å². The molecule has 0 atom stereocenters. The Hall–Kier alpha value is -2.28. The molecule has 0 spiro atoms. The third kappa shape index (κ3) is 3.18. The largest absolute Gasteiger partial charge is 0.465 e. The van der Waals surface area contributed by atoms with Crippen LogP contribution in [-0.2, 0) is 4.74 Å². The van der Waals surface area contributed by atoms with Crippen LogP contribution >= 0.6 is 15.9 Å². The number of hydrogen-bond acceptors (Lipinski definition) is 5. The first-order valence-electron chi connectivity index (χ1n) is 5.57. The zero-order valence-corrected chi connectivity index (χ0v) is 12.0. The Balaban J connectivity index is 2.30. The van der Waals surface area contributed by atoms with Gasteiger partial charge in [-0.2, -0.15) is 10.2 Å². The van der Waals surface area contributed by atoms with Crippen LogP contribution in [0.5, 0.6) is 0 Å². The lowest BCUT2D eigenvalue weighted by atomic mass is 10.1. The molecule has 0 saturated carbocycles. The molecule has 0 bridgehead atoms. The second-order valence-corrected chi connectivity index (χ2v) is 4.68. The summed E-state index contributed by atoms with van der Waals surface area (Å²) in [5, 5.41) is 9.86. The lowest BCUT2D eigenvalue weighted by Gasteiger charge is -2.10. The molecule has 0 aliphatic carbocycles. The molecule has 0 aliphatic rings. The monoisotopic (exact) mass is 335 g/mol. The van der Waals surface area contributed by atoms with Crippen LogP contribution in [0.1, 0.15) is 20.7 Å². The standard InChI is InChI=1S/C13H10BrN3O3/c1-20-13(19)10-6-9(14)2-3-11(10)17-12(18)8-4-5-15-16-7-8/h2-7H,1H3,(H,17,18). The van der Waals surface area contributed by atoms with E-state index in [4.69, 9.17) is 0 Å². The molecule has 7 heteroatoms. The van der Waals surface area contributed by atoms with E-state index in [9.17, 15) is 9.59 Å². The van der Waals surface area contributed by atoms with Gasteiger partial charge in [0.2, 0.25) is 0 Å². The predicted octanol–water partition coefficient (Wildman–Crippen LogP) is 2.28. The molecule has 0 radical (unpaired) electrons. The summed E-state index contributed by atoms with van der Waals surface area (Å²) in [5.74, 6) is -0.915. The summed E-state index contributed by atoms with van der Waals surface area (Å²) in [6.07, 6.45) is 2.75. The summed E-state index contributed by atoms with van der Waals surface area (Å²) in [4.78, 5) is 23.7. The van der Waals surface area contributed by atoms with Crippen LogP contribution in [0.4, 0.5) is 5.69 Å². The summed E-state index contributed by atoms with van der Waals surface area (Å²) < 4.78 is 5.40. The van der Waals surface area contributed by atoms with Crippen molar-refractivity contribution in [3.05, 3.63) is 52.3 Å². The molecule has 1 heterocycles. The summed E-state index contributed by atoms with van der Waals surface area (Å²) >= 11 is 3.27. The van der Waals surface area contributed by atoms with Gasteiger partial charge in [-0.05, 0) is 24.3 Å². The Bertz CT molecular complexity index is 647. The highest BCUT2D eigenvalue weighted by molar-refractivity contribution is 9.10. The number of carbonyl (C=O) groups excluding carboxylic acids is 2. The molecule has 1 aromatic heterocycles. The Morgan fingerprint density at radius 1 is 1.25 bits per heavy atom. The molecule has 1 aromatic carbocycles. The van der Waals surface area contributed by atoms with Crippen molar-refractivity contribution < 1.29 is 14.3 Å². The molecule has 2 rings (SSSR count). The first kappa shape index (κ1) is 14.1. The number of nitrogens with one attached hydrogen (secondary N) is 1.